The van der Waals surface area contributed by atoms with Crippen LogP contribution in [-0.2, 0) is 9.53 Å². The Morgan fingerprint density at radius 3 is 3.10 bits per heavy atom. The molecule has 0 saturated heterocycles. The summed E-state index contributed by atoms with van der Waals surface area (Å²) in [5.74, 6) is -0.890. The summed E-state index contributed by atoms with van der Waals surface area (Å²) >= 11 is 0. The van der Waals surface area contributed by atoms with Gasteiger partial charge in [-0.3, -0.25) is 9.78 Å². The molecule has 2 rings (SSSR count). The first-order chi connectivity index (χ1) is 10.1. The van der Waals surface area contributed by atoms with Crippen LogP contribution in [0.15, 0.2) is 32.5 Å². The van der Waals surface area contributed by atoms with E-state index < -0.39 is 11.8 Å². The number of ether oxygens (including phenoxy) is 1. The maximum absolute atomic E-state index is 11.4. The third-order valence-corrected chi connectivity index (χ3v) is 2.95. The molecular formula is C13H14N4O4. The van der Waals surface area contributed by atoms with Crippen LogP contribution >= 0.6 is 0 Å². The van der Waals surface area contributed by atoms with E-state index in [9.17, 15) is 9.59 Å². The maximum Gasteiger partial charge on any atom is 0.417 e. The molecule has 0 aliphatic carbocycles. The number of hydrogen-bond acceptors (Lipinski definition) is 5. The van der Waals surface area contributed by atoms with Crippen LogP contribution < -0.4 is 5.76 Å². The standard InChI is InChI=1S/C13H14N4O4/c1-2-20-12(18)6-5-9(16-17-14)8-3-4-10-11(7-8)21-13(19)15-10/h3-4,7,9H,2,5-6H2,1H3,(H,15,19). The third-order valence-electron chi connectivity index (χ3n) is 2.95. The lowest BCUT2D eigenvalue weighted by Crippen LogP contribution is -2.06. The molecular weight excluding hydrogens is 276 g/mol. The zero-order valence-corrected chi connectivity index (χ0v) is 11.4. The Kier molecular flexibility index (Phi) is 4.63. The van der Waals surface area contributed by atoms with Crippen LogP contribution in [0.25, 0.3) is 21.5 Å². The Hall–Kier alpha value is -2.73. The van der Waals surface area contributed by atoms with Gasteiger partial charge in [0.25, 0.3) is 0 Å². The molecule has 1 unspecified atom stereocenters. The van der Waals surface area contributed by atoms with Crippen molar-refractivity contribution < 1.29 is 13.9 Å². The summed E-state index contributed by atoms with van der Waals surface area (Å²) in [7, 11) is 0. The number of aromatic amines is 1. The summed E-state index contributed by atoms with van der Waals surface area (Å²) in [5, 5.41) is 3.68. The molecule has 21 heavy (non-hydrogen) atoms. The number of fused-ring (bicyclic) bond motifs is 1. The number of aromatic nitrogens is 1. The Bertz CT molecular complexity index is 742. The van der Waals surface area contributed by atoms with Crippen molar-refractivity contribution in [2.24, 2.45) is 5.11 Å². The molecule has 0 spiro atoms. The van der Waals surface area contributed by atoms with Crippen LogP contribution in [0.1, 0.15) is 31.4 Å². The molecule has 0 aliphatic heterocycles. The van der Waals surface area contributed by atoms with Crippen LogP contribution in [0.5, 0.6) is 0 Å². The Labute approximate surface area is 119 Å². The van der Waals surface area contributed by atoms with Crippen LogP contribution in [-0.4, -0.2) is 17.6 Å². The van der Waals surface area contributed by atoms with Crippen molar-refractivity contribution in [3.63, 3.8) is 0 Å². The quantitative estimate of drug-likeness (QED) is 0.380. The summed E-state index contributed by atoms with van der Waals surface area (Å²) in [4.78, 5) is 27.8. The van der Waals surface area contributed by atoms with E-state index in [1.807, 2.05) is 0 Å². The average Bonchev–Trinajstić information content (AvgIpc) is 2.82. The van der Waals surface area contributed by atoms with Gasteiger partial charge in [0.05, 0.1) is 18.2 Å². The lowest BCUT2D eigenvalue weighted by molar-refractivity contribution is -0.143. The number of carbonyl (C=O) groups is 1. The van der Waals surface area contributed by atoms with Gasteiger partial charge in [0.1, 0.15) is 0 Å². The van der Waals surface area contributed by atoms with Crippen molar-refractivity contribution in [2.75, 3.05) is 6.61 Å². The van der Waals surface area contributed by atoms with Crippen molar-refractivity contribution in [3.05, 3.63) is 44.8 Å². The van der Waals surface area contributed by atoms with Crippen LogP contribution in [0, 0.1) is 0 Å². The van der Waals surface area contributed by atoms with Gasteiger partial charge in [-0.25, -0.2) is 4.79 Å². The highest BCUT2D eigenvalue weighted by molar-refractivity contribution is 5.73. The molecule has 1 atom stereocenters. The van der Waals surface area contributed by atoms with Gasteiger partial charge < -0.3 is 9.15 Å². The monoisotopic (exact) mass is 290 g/mol. The number of H-pyrrole nitrogens is 1. The SMILES string of the molecule is CCOC(=O)CCC(N=[N+]=[N-])c1ccc2[nH]c(=O)oc2c1. The van der Waals surface area contributed by atoms with E-state index in [4.69, 9.17) is 14.7 Å². The summed E-state index contributed by atoms with van der Waals surface area (Å²) in [6, 6.07) is 4.49. The lowest BCUT2D eigenvalue weighted by atomic mass is 10.0. The third kappa shape index (κ3) is 3.64. The molecule has 1 N–H and O–H groups in total. The number of esters is 1. The van der Waals surface area contributed by atoms with Crippen molar-refractivity contribution in [3.8, 4) is 0 Å². The number of rotatable bonds is 6. The number of nitrogens with one attached hydrogen (secondary N) is 1. The second kappa shape index (κ2) is 6.62. The molecule has 1 heterocycles. The van der Waals surface area contributed by atoms with E-state index in [1.54, 1.807) is 25.1 Å². The molecule has 8 heteroatoms. The van der Waals surface area contributed by atoms with Gasteiger partial charge in [0.15, 0.2) is 5.58 Å². The number of hydrogen-bond donors (Lipinski definition) is 1. The Morgan fingerprint density at radius 2 is 2.38 bits per heavy atom. The molecule has 1 aromatic carbocycles. The normalized spacial score (nSPS) is 11.9. The predicted octanol–water partition coefficient (Wildman–Crippen LogP) is 2.82. The highest BCUT2D eigenvalue weighted by atomic mass is 16.5. The van der Waals surface area contributed by atoms with E-state index in [0.29, 0.717) is 29.7 Å². The van der Waals surface area contributed by atoms with Gasteiger partial charge >= 0.3 is 11.7 Å². The van der Waals surface area contributed by atoms with Gasteiger partial charge in [-0.05, 0) is 36.6 Å². The van der Waals surface area contributed by atoms with Crippen LogP contribution in [0.4, 0.5) is 0 Å². The zero-order chi connectivity index (χ0) is 15.2. The fourth-order valence-corrected chi connectivity index (χ4v) is 2.01. The van der Waals surface area contributed by atoms with Crippen molar-refractivity contribution >= 4 is 17.1 Å². The molecule has 0 amide bonds. The van der Waals surface area contributed by atoms with Gasteiger partial charge in [0, 0.05) is 11.3 Å². The van der Waals surface area contributed by atoms with E-state index in [0.717, 1.165) is 0 Å². The molecule has 0 radical (unpaired) electrons. The minimum atomic E-state index is -0.547. The molecule has 0 saturated carbocycles. The Balaban J connectivity index is 2.20. The summed E-state index contributed by atoms with van der Waals surface area (Å²) in [6.07, 6.45) is 0.468. The fraction of sp³-hybridized carbons (Fsp3) is 0.385. The second-order valence-corrected chi connectivity index (χ2v) is 4.33. The van der Waals surface area contributed by atoms with Gasteiger partial charge in [-0.1, -0.05) is 11.2 Å². The lowest BCUT2D eigenvalue weighted by Gasteiger charge is -2.10. The van der Waals surface area contributed by atoms with Gasteiger partial charge in [0.2, 0.25) is 0 Å². The van der Waals surface area contributed by atoms with Crippen molar-refractivity contribution in [1.29, 1.82) is 0 Å². The highest BCUT2D eigenvalue weighted by Crippen LogP contribution is 2.26. The summed E-state index contributed by atoms with van der Waals surface area (Å²) in [6.45, 7) is 2.04. The first kappa shape index (κ1) is 14.7. The van der Waals surface area contributed by atoms with E-state index >= 15 is 0 Å². The Morgan fingerprint density at radius 1 is 1.57 bits per heavy atom. The maximum atomic E-state index is 11.4. The molecule has 0 bridgehead atoms. The largest absolute Gasteiger partial charge is 0.466 e. The minimum absolute atomic E-state index is 0.145. The van der Waals surface area contributed by atoms with E-state index in [2.05, 4.69) is 15.0 Å². The topological polar surface area (TPSA) is 121 Å². The van der Waals surface area contributed by atoms with E-state index in [-0.39, 0.29) is 12.4 Å². The summed E-state index contributed by atoms with van der Waals surface area (Å²) < 4.78 is 9.80. The fourth-order valence-electron chi connectivity index (χ4n) is 2.01. The number of benzene rings is 1. The number of carbonyl (C=O) groups excluding carboxylic acids is 1. The van der Waals surface area contributed by atoms with Crippen LogP contribution in [0.3, 0.4) is 0 Å². The minimum Gasteiger partial charge on any atom is -0.466 e. The molecule has 1 aromatic heterocycles. The van der Waals surface area contributed by atoms with E-state index in [1.165, 1.54) is 0 Å². The van der Waals surface area contributed by atoms with Crippen molar-refractivity contribution in [2.45, 2.75) is 25.8 Å². The molecule has 8 nitrogen and oxygen atoms in total. The first-order valence-electron chi connectivity index (χ1n) is 6.46. The second-order valence-electron chi connectivity index (χ2n) is 4.33. The summed E-state index contributed by atoms with van der Waals surface area (Å²) in [5.41, 5.74) is 10.3. The predicted molar refractivity (Wildman–Crippen MR) is 74.6 cm³/mol. The van der Waals surface area contributed by atoms with Gasteiger partial charge in [-0.2, -0.15) is 0 Å². The first-order valence-corrected chi connectivity index (χ1v) is 6.46. The van der Waals surface area contributed by atoms with Crippen LogP contribution in [0.2, 0.25) is 0 Å². The molecule has 2 aromatic rings. The van der Waals surface area contributed by atoms with Crippen molar-refractivity contribution in [1.82, 2.24) is 4.98 Å². The average molecular weight is 290 g/mol. The zero-order valence-electron chi connectivity index (χ0n) is 11.4. The molecule has 0 aliphatic rings. The number of azide groups is 1. The number of oxazole rings is 1. The smallest absolute Gasteiger partial charge is 0.417 e. The number of nitrogens with zero attached hydrogens (tertiary/aromatic N) is 3. The highest BCUT2D eigenvalue weighted by Gasteiger charge is 2.14. The van der Waals surface area contributed by atoms with Gasteiger partial charge in [-0.15, -0.1) is 0 Å². The molecule has 110 valence electrons. The molecule has 0 fully saturated rings.